The monoisotopic (exact) mass is 574 g/mol. The first-order valence-electron chi connectivity index (χ1n) is 13.4. The number of carbonyl (C=O) groups is 3. The number of hydrogen-bond donors (Lipinski definition) is 1. The van der Waals surface area contributed by atoms with Crippen LogP contribution in [0.3, 0.4) is 0 Å². The summed E-state index contributed by atoms with van der Waals surface area (Å²) in [4.78, 5) is 50.2. The zero-order chi connectivity index (χ0) is 29.3. The number of Topliss-reactive ketones (excluding diaryl/α,β-unsaturated/α-hetero) is 1. The summed E-state index contributed by atoms with van der Waals surface area (Å²) in [6.07, 6.45) is 3.64. The number of hydrogen-bond acceptors (Lipinski definition) is 9. The normalized spacial score (nSPS) is 16.5. The van der Waals surface area contributed by atoms with Gasteiger partial charge in [0, 0.05) is 6.20 Å². The molecule has 1 aromatic carbocycles. The lowest BCUT2D eigenvalue weighted by atomic mass is 9.96. The third-order valence-electron chi connectivity index (χ3n) is 6.79. The lowest BCUT2D eigenvalue weighted by Gasteiger charge is -2.23. The quantitative estimate of drug-likeness (QED) is 0.0928. The van der Waals surface area contributed by atoms with Crippen molar-refractivity contribution in [2.45, 2.75) is 46.6 Å². The van der Waals surface area contributed by atoms with E-state index in [4.69, 9.17) is 9.47 Å². The second kappa shape index (κ2) is 11.5. The largest absolute Gasteiger partial charge is 0.505 e. The molecule has 1 N–H and O–H groups in total. The number of unbranched alkanes of at least 4 members (excludes halogenated alkanes) is 1. The van der Waals surface area contributed by atoms with Gasteiger partial charge in [-0.2, -0.15) is 0 Å². The van der Waals surface area contributed by atoms with E-state index in [0.29, 0.717) is 40.6 Å². The predicted octanol–water partition coefficient (Wildman–Crippen LogP) is 5.39. The van der Waals surface area contributed by atoms with Crippen LogP contribution in [0.25, 0.3) is 11.4 Å². The number of nitrogens with zero attached hydrogens (tertiary/aromatic N) is 4. The Morgan fingerprint density at radius 1 is 1.05 bits per heavy atom. The third kappa shape index (κ3) is 5.08. The summed E-state index contributed by atoms with van der Waals surface area (Å²) in [5.74, 6) is -2.00. The first-order valence-corrected chi connectivity index (χ1v) is 14.2. The van der Waals surface area contributed by atoms with Crippen LogP contribution in [0.4, 0.5) is 5.13 Å². The standard InChI is InChI=1S/C30H30N4O6S/c1-5-7-16-40-20-13-11-19(12-14-20)24-22(25(35)23-17(3)31-21-10-8-9-15-33(21)23)26(36)28(37)34(24)30-32-18(4)27(41-30)29(38)39-6-2/h8-15,24,35H,5-7,16H2,1-4H3/b25-22+. The number of pyridine rings is 1. The van der Waals surface area contributed by atoms with Crippen molar-refractivity contribution in [2.75, 3.05) is 18.1 Å². The van der Waals surface area contributed by atoms with Crippen molar-refractivity contribution in [3.63, 3.8) is 0 Å². The Labute approximate surface area is 240 Å². The van der Waals surface area contributed by atoms with Gasteiger partial charge < -0.3 is 14.6 Å². The van der Waals surface area contributed by atoms with Gasteiger partial charge in [0.15, 0.2) is 10.9 Å². The number of fused-ring (bicyclic) bond motifs is 1. The molecule has 0 spiro atoms. The van der Waals surface area contributed by atoms with E-state index in [-0.39, 0.29) is 27.9 Å². The third-order valence-corrected chi connectivity index (χ3v) is 7.92. The Morgan fingerprint density at radius 2 is 1.80 bits per heavy atom. The molecule has 10 nitrogen and oxygen atoms in total. The average molecular weight is 575 g/mol. The number of thiazole rings is 1. The number of ether oxygens (including phenoxy) is 2. The maximum Gasteiger partial charge on any atom is 0.350 e. The molecular formula is C30H30N4O6S. The van der Waals surface area contributed by atoms with Crippen molar-refractivity contribution >= 4 is 45.5 Å². The van der Waals surface area contributed by atoms with Gasteiger partial charge in [0.2, 0.25) is 0 Å². The maximum absolute atomic E-state index is 13.6. The van der Waals surface area contributed by atoms with E-state index in [1.807, 2.05) is 6.07 Å². The summed E-state index contributed by atoms with van der Waals surface area (Å²) in [6, 6.07) is 11.4. The van der Waals surface area contributed by atoms with Crippen LogP contribution in [-0.4, -0.2) is 50.3 Å². The molecule has 0 aliphatic carbocycles. The van der Waals surface area contributed by atoms with Crippen molar-refractivity contribution in [2.24, 2.45) is 0 Å². The van der Waals surface area contributed by atoms with Crippen LogP contribution in [0.1, 0.15) is 65.0 Å². The van der Waals surface area contributed by atoms with Crippen LogP contribution in [-0.2, 0) is 14.3 Å². The Morgan fingerprint density at radius 3 is 2.51 bits per heavy atom. The highest BCUT2D eigenvalue weighted by atomic mass is 32.1. The fourth-order valence-electron chi connectivity index (χ4n) is 4.82. The Balaban J connectivity index is 1.67. The van der Waals surface area contributed by atoms with Crippen molar-refractivity contribution in [1.82, 2.24) is 14.4 Å². The highest BCUT2D eigenvalue weighted by Crippen LogP contribution is 2.44. The molecule has 3 aromatic heterocycles. The molecule has 1 atom stereocenters. The Kier molecular flexibility index (Phi) is 7.89. The number of amides is 1. The summed E-state index contributed by atoms with van der Waals surface area (Å²) in [7, 11) is 0. The zero-order valence-corrected chi connectivity index (χ0v) is 24.0. The molecule has 4 heterocycles. The van der Waals surface area contributed by atoms with Crippen LogP contribution in [0.15, 0.2) is 54.2 Å². The van der Waals surface area contributed by atoms with Crippen molar-refractivity contribution in [3.8, 4) is 5.75 Å². The summed E-state index contributed by atoms with van der Waals surface area (Å²) < 4.78 is 12.6. The molecule has 212 valence electrons. The van der Waals surface area contributed by atoms with Gasteiger partial charge >= 0.3 is 11.9 Å². The first kappa shape index (κ1) is 28.0. The molecule has 11 heteroatoms. The molecule has 4 aromatic rings. The van der Waals surface area contributed by atoms with Gasteiger partial charge in [0.25, 0.3) is 5.78 Å². The summed E-state index contributed by atoms with van der Waals surface area (Å²) in [6.45, 7) is 7.89. The average Bonchev–Trinajstić information content (AvgIpc) is 3.59. The van der Waals surface area contributed by atoms with Gasteiger partial charge in [-0.1, -0.05) is 42.9 Å². The van der Waals surface area contributed by atoms with Gasteiger partial charge in [-0.05, 0) is 57.0 Å². The number of carbonyl (C=O) groups excluding carboxylic acids is 3. The predicted molar refractivity (Wildman–Crippen MR) is 154 cm³/mol. The van der Waals surface area contributed by atoms with E-state index in [1.165, 1.54) is 4.90 Å². The van der Waals surface area contributed by atoms with E-state index in [0.717, 1.165) is 24.2 Å². The molecule has 1 amide bonds. The van der Waals surface area contributed by atoms with Crippen molar-refractivity contribution in [1.29, 1.82) is 0 Å². The molecule has 0 bridgehead atoms. The molecular weight excluding hydrogens is 544 g/mol. The number of aliphatic hydroxyl groups excluding tert-OH is 1. The van der Waals surface area contributed by atoms with Crippen molar-refractivity contribution < 1.29 is 29.0 Å². The van der Waals surface area contributed by atoms with E-state index in [1.54, 1.807) is 67.8 Å². The zero-order valence-electron chi connectivity index (χ0n) is 23.2. The highest BCUT2D eigenvalue weighted by Gasteiger charge is 2.49. The van der Waals surface area contributed by atoms with E-state index in [2.05, 4.69) is 16.9 Å². The van der Waals surface area contributed by atoms with Crippen LogP contribution in [0.5, 0.6) is 5.75 Å². The number of aliphatic hydroxyl groups is 1. The van der Waals surface area contributed by atoms with Gasteiger partial charge in [0.05, 0.1) is 36.2 Å². The number of esters is 1. The van der Waals surface area contributed by atoms with E-state index < -0.39 is 23.7 Å². The summed E-state index contributed by atoms with van der Waals surface area (Å²) >= 11 is 0.963. The number of benzene rings is 1. The highest BCUT2D eigenvalue weighted by molar-refractivity contribution is 7.17. The second-order valence-electron chi connectivity index (χ2n) is 9.55. The number of ketones is 1. The molecule has 0 saturated carbocycles. The lowest BCUT2D eigenvalue weighted by Crippen LogP contribution is -2.29. The number of rotatable bonds is 9. The maximum atomic E-state index is 13.6. The lowest BCUT2D eigenvalue weighted by molar-refractivity contribution is -0.132. The van der Waals surface area contributed by atoms with Gasteiger partial charge in [-0.15, -0.1) is 0 Å². The van der Waals surface area contributed by atoms with E-state index in [9.17, 15) is 19.5 Å². The fourth-order valence-corrected chi connectivity index (χ4v) is 5.81. The second-order valence-corrected chi connectivity index (χ2v) is 10.5. The number of imidazole rings is 1. The van der Waals surface area contributed by atoms with Crippen LogP contribution < -0.4 is 9.64 Å². The first-order chi connectivity index (χ1) is 19.8. The van der Waals surface area contributed by atoms with Gasteiger partial charge in [-0.3, -0.25) is 18.9 Å². The molecule has 1 aliphatic rings. The van der Waals surface area contributed by atoms with Crippen molar-refractivity contribution in [3.05, 3.63) is 81.8 Å². The van der Waals surface area contributed by atoms with E-state index >= 15 is 0 Å². The summed E-state index contributed by atoms with van der Waals surface area (Å²) in [5, 5.41) is 11.8. The molecule has 0 radical (unpaired) electrons. The van der Waals surface area contributed by atoms with Gasteiger partial charge in [0.1, 0.15) is 22.0 Å². The number of aromatic nitrogens is 3. The minimum atomic E-state index is -1.02. The number of anilines is 1. The summed E-state index contributed by atoms with van der Waals surface area (Å²) in [5.41, 5.74) is 2.22. The van der Waals surface area contributed by atoms with Crippen LogP contribution >= 0.6 is 11.3 Å². The van der Waals surface area contributed by atoms with Crippen LogP contribution in [0.2, 0.25) is 0 Å². The fraction of sp³-hybridized carbons (Fsp3) is 0.300. The molecule has 1 fully saturated rings. The minimum Gasteiger partial charge on any atom is -0.505 e. The smallest absolute Gasteiger partial charge is 0.350 e. The molecule has 1 unspecified atom stereocenters. The minimum absolute atomic E-state index is 0.103. The topological polar surface area (TPSA) is 123 Å². The Hall–Kier alpha value is -4.51. The number of aryl methyl sites for hydroxylation is 2. The molecule has 1 saturated heterocycles. The van der Waals surface area contributed by atoms with Gasteiger partial charge in [-0.25, -0.2) is 14.8 Å². The molecule has 1 aliphatic heterocycles. The molecule has 5 rings (SSSR count). The SMILES string of the molecule is CCCCOc1ccc(C2/C(=C(\O)c3c(C)nc4ccccn34)C(=O)C(=O)N2c2nc(C)c(C(=O)OCC)s2)cc1. The Bertz CT molecular complexity index is 1670. The molecule has 41 heavy (non-hydrogen) atoms. The van der Waals surface area contributed by atoms with Crippen LogP contribution in [0, 0.1) is 13.8 Å².